The standard InChI is InChI=1S/C16H20NOP/c1-12(2)17(13(3)4)19(18)16-11-7-9-14-8-5-6-10-15(14)16/h5-9,11-13H,1-4H3/q+1. The Balaban J connectivity index is 2.52. The summed E-state index contributed by atoms with van der Waals surface area (Å²) in [7, 11) is -1.57. The molecule has 0 saturated heterocycles. The first-order valence-corrected chi connectivity index (χ1v) is 7.88. The monoisotopic (exact) mass is 273 g/mol. The fourth-order valence-electron chi connectivity index (χ4n) is 2.44. The third-order valence-electron chi connectivity index (χ3n) is 3.15. The average Bonchev–Trinajstić information content (AvgIpc) is 2.37. The molecule has 2 rings (SSSR count). The molecule has 0 bridgehead atoms. The molecule has 0 N–H and O–H groups in total. The van der Waals surface area contributed by atoms with Crippen LogP contribution in [0.3, 0.4) is 0 Å². The normalized spacial score (nSPS) is 12.7. The van der Waals surface area contributed by atoms with Gasteiger partial charge in [0.2, 0.25) is 5.30 Å². The van der Waals surface area contributed by atoms with Crippen LogP contribution in [0.5, 0.6) is 0 Å². The smallest absolute Gasteiger partial charge is 0.0869 e. The molecular formula is C16H20NOP+. The van der Waals surface area contributed by atoms with Gasteiger partial charge in [-0.3, -0.25) is 0 Å². The summed E-state index contributed by atoms with van der Waals surface area (Å²) < 4.78 is 15.0. The maximum atomic E-state index is 12.9. The summed E-state index contributed by atoms with van der Waals surface area (Å²) in [6.45, 7) is 8.34. The van der Waals surface area contributed by atoms with E-state index in [2.05, 4.69) is 38.4 Å². The molecular weight excluding hydrogens is 253 g/mol. The van der Waals surface area contributed by atoms with E-state index in [1.807, 2.05) is 36.4 Å². The molecule has 1 unspecified atom stereocenters. The first-order chi connectivity index (χ1) is 9.02. The van der Waals surface area contributed by atoms with Crippen molar-refractivity contribution in [2.75, 3.05) is 0 Å². The lowest BCUT2D eigenvalue weighted by Gasteiger charge is -2.19. The zero-order chi connectivity index (χ0) is 14.0. The van der Waals surface area contributed by atoms with E-state index in [4.69, 9.17) is 0 Å². The zero-order valence-corrected chi connectivity index (χ0v) is 12.8. The van der Waals surface area contributed by atoms with Gasteiger partial charge >= 0.3 is 7.95 Å². The van der Waals surface area contributed by atoms with Crippen LogP contribution in [0.2, 0.25) is 0 Å². The Labute approximate surface area is 116 Å². The maximum Gasteiger partial charge on any atom is 0.475 e. The van der Waals surface area contributed by atoms with Crippen LogP contribution in [0.15, 0.2) is 36.4 Å². The largest absolute Gasteiger partial charge is 0.475 e. The molecule has 2 aromatic rings. The van der Waals surface area contributed by atoms with Gasteiger partial charge in [-0.25, -0.2) is 0 Å². The highest BCUT2D eigenvalue weighted by molar-refractivity contribution is 7.51. The van der Waals surface area contributed by atoms with Gasteiger partial charge in [-0.15, -0.1) is 0 Å². The first-order valence-electron chi connectivity index (χ1n) is 6.67. The van der Waals surface area contributed by atoms with Gasteiger partial charge in [0, 0.05) is 17.5 Å². The SMILES string of the molecule is CC(C)N(C(C)C)[P+](=O)c1cccc2ccc[c]c12. The highest BCUT2D eigenvalue weighted by Crippen LogP contribution is 2.33. The van der Waals surface area contributed by atoms with Crippen molar-refractivity contribution in [3.05, 3.63) is 42.5 Å². The molecule has 2 aromatic carbocycles. The van der Waals surface area contributed by atoms with Gasteiger partial charge in [-0.2, -0.15) is 0 Å². The highest BCUT2D eigenvalue weighted by Gasteiger charge is 2.36. The van der Waals surface area contributed by atoms with Crippen LogP contribution < -0.4 is 5.30 Å². The summed E-state index contributed by atoms with van der Waals surface area (Å²) in [6, 6.07) is 15.6. The van der Waals surface area contributed by atoms with Gasteiger partial charge < -0.3 is 0 Å². The summed E-state index contributed by atoms with van der Waals surface area (Å²) in [5, 5.41) is 2.95. The summed E-state index contributed by atoms with van der Waals surface area (Å²) >= 11 is 0. The van der Waals surface area contributed by atoms with Crippen molar-refractivity contribution >= 4 is 24.0 Å². The van der Waals surface area contributed by atoms with Crippen LogP contribution in [-0.2, 0) is 4.57 Å². The molecule has 2 nitrogen and oxygen atoms in total. The summed E-state index contributed by atoms with van der Waals surface area (Å²) in [4.78, 5) is 0. The second-order valence-corrected chi connectivity index (χ2v) is 6.74. The lowest BCUT2D eigenvalue weighted by Crippen LogP contribution is -2.32. The third-order valence-corrected chi connectivity index (χ3v) is 5.28. The van der Waals surface area contributed by atoms with Crippen LogP contribution in [-0.4, -0.2) is 16.8 Å². The van der Waals surface area contributed by atoms with Gasteiger partial charge in [0.25, 0.3) is 0 Å². The van der Waals surface area contributed by atoms with E-state index < -0.39 is 7.95 Å². The summed E-state index contributed by atoms with van der Waals surface area (Å²) in [5.41, 5.74) is 0. The van der Waals surface area contributed by atoms with Gasteiger partial charge in [0.05, 0.1) is 0 Å². The number of hydrogen-bond donors (Lipinski definition) is 0. The second-order valence-electron chi connectivity index (χ2n) is 5.25. The molecule has 0 saturated carbocycles. The molecule has 0 aromatic heterocycles. The minimum atomic E-state index is -1.57. The van der Waals surface area contributed by atoms with Crippen molar-refractivity contribution in [1.29, 1.82) is 0 Å². The predicted molar refractivity (Wildman–Crippen MR) is 82.1 cm³/mol. The highest BCUT2D eigenvalue weighted by atomic mass is 31.1. The van der Waals surface area contributed by atoms with Crippen LogP contribution in [0, 0.1) is 6.07 Å². The fourth-order valence-corrected chi connectivity index (χ4v) is 4.12. The van der Waals surface area contributed by atoms with E-state index in [9.17, 15) is 4.57 Å². The molecule has 0 amide bonds. The fraction of sp³-hybridized carbons (Fsp3) is 0.375. The van der Waals surface area contributed by atoms with Crippen LogP contribution >= 0.6 is 7.95 Å². The maximum absolute atomic E-state index is 12.9. The Morgan fingerprint density at radius 2 is 1.68 bits per heavy atom. The van der Waals surface area contributed by atoms with E-state index in [0.29, 0.717) is 0 Å². The third kappa shape index (κ3) is 2.86. The molecule has 0 aliphatic rings. The quantitative estimate of drug-likeness (QED) is 0.781. The zero-order valence-electron chi connectivity index (χ0n) is 11.9. The van der Waals surface area contributed by atoms with E-state index in [1.54, 1.807) is 0 Å². The first kappa shape index (κ1) is 14.2. The van der Waals surface area contributed by atoms with Crippen molar-refractivity contribution in [3.8, 4) is 0 Å². The van der Waals surface area contributed by atoms with E-state index >= 15 is 0 Å². The molecule has 0 aliphatic carbocycles. The van der Waals surface area contributed by atoms with Crippen molar-refractivity contribution in [1.82, 2.24) is 4.67 Å². The van der Waals surface area contributed by atoms with E-state index in [-0.39, 0.29) is 12.1 Å². The topological polar surface area (TPSA) is 20.3 Å². The van der Waals surface area contributed by atoms with E-state index in [1.165, 1.54) is 0 Å². The van der Waals surface area contributed by atoms with Gasteiger partial charge in [0.15, 0.2) is 0 Å². The van der Waals surface area contributed by atoms with Crippen molar-refractivity contribution in [2.24, 2.45) is 0 Å². The molecule has 99 valence electrons. The van der Waals surface area contributed by atoms with Crippen LogP contribution in [0.4, 0.5) is 0 Å². The van der Waals surface area contributed by atoms with Gasteiger partial charge in [-0.05, 0) is 49.8 Å². The van der Waals surface area contributed by atoms with Crippen molar-refractivity contribution < 1.29 is 4.57 Å². The van der Waals surface area contributed by atoms with Gasteiger partial charge in [0.1, 0.15) is 0 Å². The molecule has 0 fully saturated rings. The second kappa shape index (κ2) is 5.81. The Morgan fingerprint density at radius 1 is 1.05 bits per heavy atom. The Bertz CT molecular complexity index is 579. The van der Waals surface area contributed by atoms with Crippen molar-refractivity contribution in [3.63, 3.8) is 0 Å². The van der Waals surface area contributed by atoms with Crippen LogP contribution in [0.25, 0.3) is 10.8 Å². The lowest BCUT2D eigenvalue weighted by molar-refractivity contribution is 0.313. The van der Waals surface area contributed by atoms with E-state index in [0.717, 1.165) is 16.1 Å². The number of benzene rings is 2. The van der Waals surface area contributed by atoms with Crippen molar-refractivity contribution in [2.45, 2.75) is 39.8 Å². The molecule has 19 heavy (non-hydrogen) atoms. The average molecular weight is 273 g/mol. The minimum Gasteiger partial charge on any atom is -0.0869 e. The number of hydrogen-bond acceptors (Lipinski definition) is 1. The molecule has 0 aliphatic heterocycles. The van der Waals surface area contributed by atoms with Gasteiger partial charge in [-0.1, -0.05) is 35.0 Å². The molecule has 3 heteroatoms. The Morgan fingerprint density at radius 3 is 2.32 bits per heavy atom. The molecule has 1 radical (unpaired) electrons. The molecule has 0 spiro atoms. The summed E-state index contributed by atoms with van der Waals surface area (Å²) in [5.74, 6) is 0. The Hall–Kier alpha value is -1.24. The minimum absolute atomic E-state index is 0.252. The molecule has 1 atom stereocenters. The number of fused-ring (bicyclic) bond motifs is 1. The number of nitrogens with zero attached hydrogens (tertiary/aromatic N) is 1. The van der Waals surface area contributed by atoms with Crippen LogP contribution in [0.1, 0.15) is 27.7 Å². The number of rotatable bonds is 4. The summed E-state index contributed by atoms with van der Waals surface area (Å²) in [6.07, 6.45) is 0. The predicted octanol–water partition coefficient (Wildman–Crippen LogP) is 4.13. The Kier molecular flexibility index (Phi) is 4.34. The lowest BCUT2D eigenvalue weighted by atomic mass is 10.1. The molecule has 0 heterocycles.